The van der Waals surface area contributed by atoms with E-state index in [0.717, 1.165) is 19.6 Å². The van der Waals surface area contributed by atoms with Gasteiger partial charge in [-0.2, -0.15) is 0 Å². The number of nitrogens with two attached hydrogens (primary N) is 1. The van der Waals surface area contributed by atoms with Gasteiger partial charge in [-0.3, -0.25) is 4.90 Å². The largest absolute Gasteiger partial charge is 0.330 e. The zero-order valence-electron chi connectivity index (χ0n) is 13.5. The predicted octanol–water partition coefficient (Wildman–Crippen LogP) is 3.67. The molecule has 1 aromatic carbocycles. The van der Waals surface area contributed by atoms with Crippen LogP contribution in [0.2, 0.25) is 0 Å². The molecule has 0 spiro atoms. The van der Waals surface area contributed by atoms with Crippen LogP contribution >= 0.6 is 0 Å². The number of rotatable bonds is 6. The molecule has 0 aromatic heterocycles. The van der Waals surface area contributed by atoms with Crippen LogP contribution in [0.25, 0.3) is 0 Å². The van der Waals surface area contributed by atoms with Gasteiger partial charge in [-0.05, 0) is 44.8 Å². The van der Waals surface area contributed by atoms with Crippen molar-refractivity contribution in [2.24, 2.45) is 11.1 Å². The van der Waals surface area contributed by atoms with E-state index < -0.39 is 0 Å². The fourth-order valence-electron chi connectivity index (χ4n) is 2.60. The van der Waals surface area contributed by atoms with Crippen LogP contribution in [0, 0.1) is 19.3 Å². The Morgan fingerprint density at radius 2 is 1.68 bits per heavy atom. The average molecular weight is 262 g/mol. The van der Waals surface area contributed by atoms with Crippen LogP contribution in [-0.2, 0) is 0 Å². The van der Waals surface area contributed by atoms with Crippen LogP contribution in [0.1, 0.15) is 50.4 Å². The molecule has 0 fully saturated rings. The lowest BCUT2D eigenvalue weighted by Crippen LogP contribution is -2.40. The summed E-state index contributed by atoms with van der Waals surface area (Å²) in [6.45, 7) is 16.2. The Morgan fingerprint density at radius 1 is 1.16 bits per heavy atom. The minimum absolute atomic E-state index is 0.170. The number of benzene rings is 1. The maximum Gasteiger partial charge on any atom is 0.0320 e. The molecule has 2 heteroatoms. The number of aryl methyl sites for hydroxylation is 2. The Balaban J connectivity index is 2.92. The minimum Gasteiger partial charge on any atom is -0.330 e. The van der Waals surface area contributed by atoms with Gasteiger partial charge >= 0.3 is 0 Å². The number of nitrogens with zero attached hydrogens (tertiary/aromatic N) is 1. The van der Waals surface area contributed by atoms with E-state index in [1.165, 1.54) is 16.7 Å². The third-order valence-electron chi connectivity index (χ3n) is 3.86. The summed E-state index contributed by atoms with van der Waals surface area (Å²) in [6, 6.07) is 7.27. The molecular weight excluding hydrogens is 232 g/mol. The highest BCUT2D eigenvalue weighted by Crippen LogP contribution is 2.26. The van der Waals surface area contributed by atoms with Gasteiger partial charge in [0.05, 0.1) is 0 Å². The highest BCUT2D eigenvalue weighted by molar-refractivity contribution is 5.30. The summed E-state index contributed by atoms with van der Waals surface area (Å²) in [7, 11) is 0. The van der Waals surface area contributed by atoms with Gasteiger partial charge in [0.15, 0.2) is 0 Å². The Kier molecular flexibility index (Phi) is 5.57. The van der Waals surface area contributed by atoms with Crippen LogP contribution in [0.5, 0.6) is 0 Å². The van der Waals surface area contributed by atoms with E-state index in [1.807, 2.05) is 0 Å². The van der Waals surface area contributed by atoms with Gasteiger partial charge in [-0.25, -0.2) is 0 Å². The van der Waals surface area contributed by atoms with Crippen molar-refractivity contribution in [1.29, 1.82) is 0 Å². The Morgan fingerprint density at radius 3 is 2.11 bits per heavy atom. The molecule has 0 aliphatic carbocycles. The molecule has 1 aromatic rings. The summed E-state index contributed by atoms with van der Waals surface area (Å²) >= 11 is 0. The van der Waals surface area contributed by atoms with Crippen LogP contribution in [-0.4, -0.2) is 24.5 Å². The second-order valence-electron chi connectivity index (χ2n) is 6.53. The van der Waals surface area contributed by atoms with E-state index in [4.69, 9.17) is 5.73 Å². The second-order valence-corrected chi connectivity index (χ2v) is 6.53. The van der Waals surface area contributed by atoms with Crippen molar-refractivity contribution in [1.82, 2.24) is 4.90 Å². The van der Waals surface area contributed by atoms with Crippen molar-refractivity contribution in [3.05, 3.63) is 34.9 Å². The van der Waals surface area contributed by atoms with Gasteiger partial charge < -0.3 is 5.73 Å². The topological polar surface area (TPSA) is 29.3 Å². The molecular formula is C17H30N2. The maximum atomic E-state index is 5.87. The Hall–Kier alpha value is -0.860. The van der Waals surface area contributed by atoms with Crippen molar-refractivity contribution in [2.45, 2.75) is 47.6 Å². The summed E-state index contributed by atoms with van der Waals surface area (Å²) in [4.78, 5) is 2.51. The van der Waals surface area contributed by atoms with Crippen molar-refractivity contribution in [3.63, 3.8) is 0 Å². The zero-order chi connectivity index (χ0) is 14.6. The third-order valence-corrected chi connectivity index (χ3v) is 3.86. The Labute approximate surface area is 119 Å². The summed E-state index contributed by atoms with van der Waals surface area (Å²) in [6.07, 6.45) is 0. The van der Waals surface area contributed by atoms with E-state index >= 15 is 0 Å². The SMILES string of the molecule is CCN(CC(C)(C)CN)C(C)c1cc(C)cc(C)c1. The number of hydrogen-bond acceptors (Lipinski definition) is 2. The smallest absolute Gasteiger partial charge is 0.0320 e. The van der Waals surface area contributed by atoms with E-state index in [0.29, 0.717) is 6.04 Å². The van der Waals surface area contributed by atoms with Crippen LogP contribution in [0.4, 0.5) is 0 Å². The van der Waals surface area contributed by atoms with Crippen molar-refractivity contribution in [2.75, 3.05) is 19.6 Å². The minimum atomic E-state index is 0.170. The van der Waals surface area contributed by atoms with Gasteiger partial charge in [0.1, 0.15) is 0 Å². The van der Waals surface area contributed by atoms with Crippen molar-refractivity contribution >= 4 is 0 Å². The molecule has 1 unspecified atom stereocenters. The normalized spacial score (nSPS) is 13.9. The first-order chi connectivity index (χ1) is 8.79. The lowest BCUT2D eigenvalue weighted by Gasteiger charge is -2.35. The average Bonchev–Trinajstić information content (AvgIpc) is 2.34. The maximum absolute atomic E-state index is 5.87. The summed E-state index contributed by atoms with van der Waals surface area (Å²) in [5.41, 5.74) is 10.1. The highest BCUT2D eigenvalue weighted by atomic mass is 15.2. The molecule has 0 saturated carbocycles. The molecule has 19 heavy (non-hydrogen) atoms. The third kappa shape index (κ3) is 4.63. The van der Waals surface area contributed by atoms with E-state index in [2.05, 4.69) is 64.6 Å². The lowest BCUT2D eigenvalue weighted by atomic mass is 9.91. The first-order valence-electron chi connectivity index (χ1n) is 7.31. The molecule has 0 amide bonds. The molecule has 1 atom stereocenters. The summed E-state index contributed by atoms with van der Waals surface area (Å²) in [5.74, 6) is 0. The molecule has 1 rings (SSSR count). The summed E-state index contributed by atoms with van der Waals surface area (Å²) in [5, 5.41) is 0. The lowest BCUT2D eigenvalue weighted by molar-refractivity contribution is 0.148. The molecule has 2 N–H and O–H groups in total. The first kappa shape index (κ1) is 16.2. The van der Waals surface area contributed by atoms with E-state index in [-0.39, 0.29) is 5.41 Å². The monoisotopic (exact) mass is 262 g/mol. The second kappa shape index (κ2) is 6.53. The molecule has 108 valence electrons. The fraction of sp³-hybridized carbons (Fsp3) is 0.647. The summed E-state index contributed by atoms with van der Waals surface area (Å²) < 4.78 is 0. The van der Waals surface area contributed by atoms with Crippen LogP contribution in [0.15, 0.2) is 18.2 Å². The van der Waals surface area contributed by atoms with Gasteiger partial charge in [-0.15, -0.1) is 0 Å². The van der Waals surface area contributed by atoms with Gasteiger partial charge in [-0.1, -0.05) is 50.1 Å². The molecule has 0 bridgehead atoms. The molecule has 0 aliphatic heterocycles. The quantitative estimate of drug-likeness (QED) is 0.847. The molecule has 0 aliphatic rings. The van der Waals surface area contributed by atoms with Gasteiger partial charge in [0.2, 0.25) is 0 Å². The van der Waals surface area contributed by atoms with E-state index in [1.54, 1.807) is 0 Å². The van der Waals surface area contributed by atoms with Gasteiger partial charge in [0.25, 0.3) is 0 Å². The standard InChI is InChI=1S/C17H30N2/c1-7-19(12-17(5,6)11-18)15(4)16-9-13(2)8-14(3)10-16/h8-10,15H,7,11-12,18H2,1-6H3. The highest BCUT2D eigenvalue weighted by Gasteiger charge is 2.23. The predicted molar refractivity (Wildman–Crippen MR) is 84.4 cm³/mol. The van der Waals surface area contributed by atoms with Crippen LogP contribution in [0.3, 0.4) is 0 Å². The molecule has 2 nitrogen and oxygen atoms in total. The van der Waals surface area contributed by atoms with Crippen LogP contribution < -0.4 is 5.73 Å². The van der Waals surface area contributed by atoms with Gasteiger partial charge in [0, 0.05) is 12.6 Å². The van der Waals surface area contributed by atoms with Crippen molar-refractivity contribution < 1.29 is 0 Å². The molecule has 0 heterocycles. The molecule has 0 saturated heterocycles. The first-order valence-corrected chi connectivity index (χ1v) is 7.31. The Bertz CT molecular complexity index is 389. The number of hydrogen-bond donors (Lipinski definition) is 1. The zero-order valence-corrected chi connectivity index (χ0v) is 13.5. The van der Waals surface area contributed by atoms with E-state index in [9.17, 15) is 0 Å². The fourth-order valence-corrected chi connectivity index (χ4v) is 2.60. The molecule has 0 radical (unpaired) electrons. The van der Waals surface area contributed by atoms with Crippen molar-refractivity contribution in [3.8, 4) is 0 Å².